The number of nitrogens with one attached hydrogen (secondary N) is 1. The van der Waals surface area contributed by atoms with E-state index in [1.807, 2.05) is 32.9 Å². The third kappa shape index (κ3) is 4.10. The van der Waals surface area contributed by atoms with Crippen LogP contribution in [0.25, 0.3) is 11.0 Å². The van der Waals surface area contributed by atoms with Gasteiger partial charge in [-0.15, -0.1) is 0 Å². The lowest BCUT2D eigenvalue weighted by molar-refractivity contribution is -0.122. The van der Waals surface area contributed by atoms with Crippen LogP contribution in [-0.2, 0) is 4.79 Å². The minimum Gasteiger partial charge on any atom is -0.451 e. The summed E-state index contributed by atoms with van der Waals surface area (Å²) in [5, 5.41) is 3.66. The standard InChI is InChI=1S/C16H19BrN2O3/c1-16(2,3)18-14(20)9-19(4)15(21)13-8-10-7-11(17)5-6-12(10)22-13/h5-8H,9H2,1-4H3,(H,18,20). The average Bonchev–Trinajstić information content (AvgIpc) is 2.77. The molecule has 0 fully saturated rings. The second kappa shape index (κ2) is 6.12. The third-order valence-corrected chi connectivity index (χ3v) is 3.42. The van der Waals surface area contributed by atoms with Gasteiger partial charge in [-0.05, 0) is 45.0 Å². The van der Waals surface area contributed by atoms with Gasteiger partial charge in [0.15, 0.2) is 5.76 Å². The van der Waals surface area contributed by atoms with E-state index in [1.54, 1.807) is 19.2 Å². The molecule has 0 aliphatic carbocycles. The zero-order valence-corrected chi connectivity index (χ0v) is 14.7. The van der Waals surface area contributed by atoms with Crippen LogP contribution >= 0.6 is 15.9 Å². The van der Waals surface area contributed by atoms with E-state index >= 15 is 0 Å². The van der Waals surface area contributed by atoms with Crippen LogP contribution in [0.15, 0.2) is 33.2 Å². The molecule has 22 heavy (non-hydrogen) atoms. The van der Waals surface area contributed by atoms with E-state index in [9.17, 15) is 9.59 Å². The molecule has 0 saturated carbocycles. The first-order valence-electron chi connectivity index (χ1n) is 6.91. The molecular weight excluding hydrogens is 348 g/mol. The fourth-order valence-corrected chi connectivity index (χ4v) is 2.43. The van der Waals surface area contributed by atoms with Crippen molar-refractivity contribution in [3.05, 3.63) is 34.5 Å². The summed E-state index contributed by atoms with van der Waals surface area (Å²) in [5.74, 6) is -0.308. The SMILES string of the molecule is CN(CC(=O)NC(C)(C)C)C(=O)c1cc2cc(Br)ccc2o1. The van der Waals surface area contributed by atoms with Crippen LogP contribution in [0.4, 0.5) is 0 Å². The predicted octanol–water partition coefficient (Wildman–Crippen LogP) is 3.18. The van der Waals surface area contributed by atoms with Gasteiger partial charge in [0, 0.05) is 22.4 Å². The van der Waals surface area contributed by atoms with Crippen molar-refractivity contribution in [2.45, 2.75) is 26.3 Å². The van der Waals surface area contributed by atoms with Gasteiger partial charge in [-0.1, -0.05) is 15.9 Å². The lowest BCUT2D eigenvalue weighted by Crippen LogP contribution is -2.46. The number of fused-ring (bicyclic) bond motifs is 1. The van der Waals surface area contributed by atoms with Crippen LogP contribution in [-0.4, -0.2) is 35.8 Å². The van der Waals surface area contributed by atoms with Gasteiger partial charge >= 0.3 is 0 Å². The molecule has 2 aromatic rings. The fraction of sp³-hybridized carbons (Fsp3) is 0.375. The van der Waals surface area contributed by atoms with Gasteiger partial charge in [0.2, 0.25) is 5.91 Å². The van der Waals surface area contributed by atoms with E-state index in [0.717, 1.165) is 9.86 Å². The first-order valence-corrected chi connectivity index (χ1v) is 7.70. The summed E-state index contributed by atoms with van der Waals surface area (Å²) >= 11 is 3.38. The van der Waals surface area contributed by atoms with Crippen molar-refractivity contribution in [3.63, 3.8) is 0 Å². The first kappa shape index (κ1) is 16.5. The Bertz CT molecular complexity index is 716. The van der Waals surface area contributed by atoms with Gasteiger partial charge in [-0.2, -0.15) is 0 Å². The summed E-state index contributed by atoms with van der Waals surface area (Å²) in [4.78, 5) is 25.6. The van der Waals surface area contributed by atoms with E-state index in [4.69, 9.17) is 4.42 Å². The van der Waals surface area contributed by atoms with Crippen LogP contribution in [0, 0.1) is 0 Å². The predicted molar refractivity (Wildman–Crippen MR) is 88.8 cm³/mol. The van der Waals surface area contributed by atoms with Crippen molar-refractivity contribution >= 4 is 38.7 Å². The maximum absolute atomic E-state index is 12.3. The largest absolute Gasteiger partial charge is 0.451 e. The second-order valence-electron chi connectivity index (χ2n) is 6.25. The number of likely N-dealkylation sites (N-methyl/N-ethyl adjacent to an activating group) is 1. The molecule has 0 radical (unpaired) electrons. The van der Waals surface area contributed by atoms with E-state index in [0.29, 0.717) is 5.58 Å². The summed E-state index contributed by atoms with van der Waals surface area (Å²) in [6.07, 6.45) is 0. The Morgan fingerprint density at radius 2 is 1.95 bits per heavy atom. The Morgan fingerprint density at radius 1 is 1.27 bits per heavy atom. The number of amides is 2. The van der Waals surface area contributed by atoms with Crippen molar-refractivity contribution in [3.8, 4) is 0 Å². The van der Waals surface area contributed by atoms with Gasteiger partial charge in [0.05, 0.1) is 6.54 Å². The molecule has 2 rings (SSSR count). The number of rotatable bonds is 3. The minimum atomic E-state index is -0.327. The molecule has 1 heterocycles. The van der Waals surface area contributed by atoms with Crippen LogP contribution < -0.4 is 5.32 Å². The number of carbonyl (C=O) groups excluding carboxylic acids is 2. The summed E-state index contributed by atoms with van der Waals surface area (Å²) in [6, 6.07) is 7.20. The van der Waals surface area contributed by atoms with Crippen molar-refractivity contribution in [2.75, 3.05) is 13.6 Å². The van der Waals surface area contributed by atoms with Gasteiger partial charge in [-0.3, -0.25) is 9.59 Å². The molecule has 0 atom stereocenters. The van der Waals surface area contributed by atoms with Gasteiger partial charge in [0.1, 0.15) is 5.58 Å². The topological polar surface area (TPSA) is 62.6 Å². The highest BCUT2D eigenvalue weighted by atomic mass is 79.9. The smallest absolute Gasteiger partial charge is 0.289 e. The molecule has 6 heteroatoms. The summed E-state index contributed by atoms with van der Waals surface area (Å²) in [6.45, 7) is 5.66. The molecule has 1 N–H and O–H groups in total. The Labute approximate surface area is 137 Å². The van der Waals surface area contributed by atoms with Crippen molar-refractivity contribution in [2.24, 2.45) is 0 Å². The number of hydrogen-bond acceptors (Lipinski definition) is 3. The van der Waals surface area contributed by atoms with Crippen LogP contribution in [0.1, 0.15) is 31.3 Å². The highest BCUT2D eigenvalue weighted by Gasteiger charge is 2.21. The lowest BCUT2D eigenvalue weighted by atomic mass is 10.1. The quantitative estimate of drug-likeness (QED) is 0.907. The van der Waals surface area contributed by atoms with Crippen molar-refractivity contribution in [1.29, 1.82) is 0 Å². The Morgan fingerprint density at radius 3 is 2.59 bits per heavy atom. The molecule has 5 nitrogen and oxygen atoms in total. The maximum atomic E-state index is 12.3. The van der Waals surface area contributed by atoms with Crippen LogP contribution in [0.3, 0.4) is 0 Å². The second-order valence-corrected chi connectivity index (χ2v) is 7.17. The lowest BCUT2D eigenvalue weighted by Gasteiger charge is -2.23. The van der Waals surface area contributed by atoms with Crippen molar-refractivity contribution < 1.29 is 14.0 Å². The number of benzene rings is 1. The van der Waals surface area contributed by atoms with Gasteiger partial charge < -0.3 is 14.6 Å². The molecule has 0 aliphatic heterocycles. The van der Waals surface area contributed by atoms with E-state index in [2.05, 4.69) is 21.2 Å². The summed E-state index contributed by atoms with van der Waals surface area (Å²) in [5.41, 5.74) is 0.311. The summed E-state index contributed by atoms with van der Waals surface area (Å²) < 4.78 is 6.46. The molecule has 0 bridgehead atoms. The summed E-state index contributed by atoms with van der Waals surface area (Å²) in [7, 11) is 1.58. The van der Waals surface area contributed by atoms with Crippen LogP contribution in [0.2, 0.25) is 0 Å². The molecule has 1 aromatic carbocycles. The molecule has 0 spiro atoms. The zero-order chi connectivity index (χ0) is 16.5. The van der Waals surface area contributed by atoms with E-state index in [1.165, 1.54) is 4.90 Å². The van der Waals surface area contributed by atoms with Gasteiger partial charge in [-0.25, -0.2) is 0 Å². The van der Waals surface area contributed by atoms with Crippen LogP contribution in [0.5, 0.6) is 0 Å². The Kier molecular flexibility index (Phi) is 4.60. The number of furan rings is 1. The highest BCUT2D eigenvalue weighted by Crippen LogP contribution is 2.23. The Hall–Kier alpha value is -1.82. The molecule has 0 saturated heterocycles. The molecular formula is C16H19BrN2O3. The maximum Gasteiger partial charge on any atom is 0.289 e. The zero-order valence-electron chi connectivity index (χ0n) is 13.1. The monoisotopic (exact) mass is 366 g/mol. The number of carbonyl (C=O) groups is 2. The normalized spacial score (nSPS) is 11.5. The number of hydrogen-bond donors (Lipinski definition) is 1. The first-order chi connectivity index (χ1) is 10.2. The average molecular weight is 367 g/mol. The molecule has 118 valence electrons. The Balaban J connectivity index is 2.10. The fourth-order valence-electron chi connectivity index (χ4n) is 2.05. The third-order valence-electron chi connectivity index (χ3n) is 2.93. The number of nitrogens with zero attached hydrogens (tertiary/aromatic N) is 1. The number of halogens is 1. The van der Waals surface area contributed by atoms with E-state index in [-0.39, 0.29) is 29.7 Å². The van der Waals surface area contributed by atoms with E-state index < -0.39 is 0 Å². The molecule has 2 amide bonds. The molecule has 0 unspecified atom stereocenters. The highest BCUT2D eigenvalue weighted by molar-refractivity contribution is 9.10. The van der Waals surface area contributed by atoms with Crippen molar-refractivity contribution in [1.82, 2.24) is 10.2 Å². The van der Waals surface area contributed by atoms with Gasteiger partial charge in [0.25, 0.3) is 5.91 Å². The minimum absolute atomic E-state index is 0.0170. The molecule has 1 aromatic heterocycles. The molecule has 0 aliphatic rings.